The molecule has 130 valence electrons. The number of benzene rings is 1. The summed E-state index contributed by atoms with van der Waals surface area (Å²) >= 11 is 0. The summed E-state index contributed by atoms with van der Waals surface area (Å²) in [6.45, 7) is 2.24. The highest BCUT2D eigenvalue weighted by Crippen LogP contribution is 2.17. The number of likely N-dealkylation sites (N-methyl/N-ethyl adjacent to an activating group) is 1. The Morgan fingerprint density at radius 2 is 2.12 bits per heavy atom. The molecule has 1 aromatic carbocycles. The molecule has 0 saturated carbocycles. The number of carbonyl (C=O) groups is 2. The Bertz CT molecular complexity index is 817. The molecule has 0 atom stereocenters. The van der Waals surface area contributed by atoms with Crippen LogP contribution < -0.4 is 5.32 Å². The van der Waals surface area contributed by atoms with Gasteiger partial charge in [0.1, 0.15) is 17.1 Å². The van der Waals surface area contributed by atoms with E-state index >= 15 is 0 Å². The number of furan rings is 1. The number of nitrogens with one attached hydrogen (secondary N) is 1. The molecule has 1 amide bonds. The van der Waals surface area contributed by atoms with Gasteiger partial charge in [0.2, 0.25) is 5.91 Å². The predicted molar refractivity (Wildman–Crippen MR) is 94.1 cm³/mol. The lowest BCUT2D eigenvalue weighted by Crippen LogP contribution is -2.29. The number of amides is 1. The van der Waals surface area contributed by atoms with E-state index in [1.165, 1.54) is 7.11 Å². The lowest BCUT2D eigenvalue weighted by atomic mass is 10.2. The Labute approximate surface area is 146 Å². The number of hydrogen-bond acceptors (Lipinski definition) is 5. The monoisotopic (exact) mass is 340 g/mol. The normalized spacial score (nSPS) is 10.4. The van der Waals surface area contributed by atoms with Crippen molar-refractivity contribution in [3.05, 3.63) is 53.0 Å². The van der Waals surface area contributed by atoms with Gasteiger partial charge in [0, 0.05) is 11.3 Å². The third-order valence-corrected chi connectivity index (χ3v) is 3.53. The number of anilines is 1. The molecule has 1 N–H and O–H groups in total. The van der Waals surface area contributed by atoms with E-state index in [1.807, 2.05) is 0 Å². The Morgan fingerprint density at radius 1 is 1.36 bits per heavy atom. The Kier molecular flexibility index (Phi) is 5.98. The van der Waals surface area contributed by atoms with Gasteiger partial charge in [-0.3, -0.25) is 9.69 Å². The number of carbonyl (C=O) groups excluding carboxylic acids is 2. The van der Waals surface area contributed by atoms with Crippen molar-refractivity contribution in [3.8, 4) is 12.3 Å². The zero-order valence-electron chi connectivity index (χ0n) is 14.5. The lowest BCUT2D eigenvalue weighted by molar-refractivity contribution is -0.117. The van der Waals surface area contributed by atoms with E-state index in [4.69, 9.17) is 15.6 Å². The highest BCUT2D eigenvalue weighted by Gasteiger charge is 2.17. The molecule has 0 radical (unpaired) electrons. The fourth-order valence-corrected chi connectivity index (χ4v) is 2.39. The molecule has 0 aliphatic heterocycles. The summed E-state index contributed by atoms with van der Waals surface area (Å²) in [5.74, 6) is 2.98. The van der Waals surface area contributed by atoms with E-state index in [0.717, 1.165) is 0 Å². The SMILES string of the molecule is C#Cc1cccc(NC(=O)CN(C)Cc2cc(C(=O)OC)c(C)o2)c1. The van der Waals surface area contributed by atoms with Gasteiger partial charge in [0.05, 0.1) is 20.2 Å². The molecule has 0 aliphatic rings. The number of nitrogens with zero attached hydrogens (tertiary/aromatic N) is 1. The Morgan fingerprint density at radius 3 is 2.80 bits per heavy atom. The number of hydrogen-bond donors (Lipinski definition) is 1. The maximum Gasteiger partial charge on any atom is 0.341 e. The van der Waals surface area contributed by atoms with Gasteiger partial charge < -0.3 is 14.5 Å². The highest BCUT2D eigenvalue weighted by molar-refractivity contribution is 5.92. The van der Waals surface area contributed by atoms with Crippen LogP contribution in [0.4, 0.5) is 5.69 Å². The topological polar surface area (TPSA) is 71.8 Å². The van der Waals surface area contributed by atoms with Crippen LogP contribution in [0, 0.1) is 19.3 Å². The van der Waals surface area contributed by atoms with Gasteiger partial charge in [-0.05, 0) is 38.2 Å². The van der Waals surface area contributed by atoms with Crippen LogP contribution in [0.15, 0.2) is 34.7 Å². The Hall–Kier alpha value is -3.04. The van der Waals surface area contributed by atoms with Crippen molar-refractivity contribution in [2.45, 2.75) is 13.5 Å². The zero-order valence-corrected chi connectivity index (χ0v) is 14.5. The third-order valence-electron chi connectivity index (χ3n) is 3.53. The minimum absolute atomic E-state index is 0.160. The minimum atomic E-state index is -0.443. The van der Waals surface area contributed by atoms with Gasteiger partial charge in [-0.25, -0.2) is 4.79 Å². The van der Waals surface area contributed by atoms with Crippen LogP contribution in [0.2, 0.25) is 0 Å². The van der Waals surface area contributed by atoms with Gasteiger partial charge in [-0.15, -0.1) is 6.42 Å². The maximum absolute atomic E-state index is 12.1. The van der Waals surface area contributed by atoms with Crippen molar-refractivity contribution in [2.24, 2.45) is 0 Å². The zero-order chi connectivity index (χ0) is 18.4. The van der Waals surface area contributed by atoms with E-state index in [9.17, 15) is 9.59 Å². The van der Waals surface area contributed by atoms with Crippen molar-refractivity contribution in [3.63, 3.8) is 0 Å². The summed E-state index contributed by atoms with van der Waals surface area (Å²) in [4.78, 5) is 25.5. The summed E-state index contributed by atoms with van der Waals surface area (Å²) in [5.41, 5.74) is 1.74. The second kappa shape index (κ2) is 8.18. The molecule has 1 heterocycles. The lowest BCUT2D eigenvalue weighted by Gasteiger charge is -2.15. The first-order valence-corrected chi connectivity index (χ1v) is 7.65. The molecule has 2 rings (SSSR count). The molecule has 0 spiro atoms. The van der Waals surface area contributed by atoms with Crippen molar-refractivity contribution < 1.29 is 18.7 Å². The van der Waals surface area contributed by atoms with Gasteiger partial charge in [-0.2, -0.15) is 0 Å². The molecular weight excluding hydrogens is 320 g/mol. The first kappa shape index (κ1) is 18.3. The van der Waals surface area contributed by atoms with E-state index in [1.54, 1.807) is 49.2 Å². The molecule has 0 unspecified atom stereocenters. The molecule has 0 fully saturated rings. The standard InChI is InChI=1S/C19H20N2O4/c1-5-14-7-6-8-15(9-14)20-18(22)12-21(3)11-16-10-17(13(2)25-16)19(23)24-4/h1,6-10H,11-12H2,2-4H3,(H,20,22). The van der Waals surface area contributed by atoms with Crippen LogP contribution >= 0.6 is 0 Å². The molecular formula is C19H20N2O4. The van der Waals surface area contributed by atoms with Crippen LogP contribution in [0.3, 0.4) is 0 Å². The van der Waals surface area contributed by atoms with Crippen LogP contribution in [0.5, 0.6) is 0 Å². The van der Waals surface area contributed by atoms with Crippen molar-refractivity contribution >= 4 is 17.6 Å². The molecule has 0 saturated heterocycles. The van der Waals surface area contributed by atoms with Crippen LogP contribution in [0.1, 0.15) is 27.4 Å². The fourth-order valence-electron chi connectivity index (χ4n) is 2.39. The molecule has 1 aromatic heterocycles. The first-order chi connectivity index (χ1) is 11.9. The summed E-state index contributed by atoms with van der Waals surface area (Å²) < 4.78 is 10.2. The van der Waals surface area contributed by atoms with Crippen molar-refractivity contribution in [1.82, 2.24) is 4.90 Å². The van der Waals surface area contributed by atoms with Crippen LogP contribution in [0.25, 0.3) is 0 Å². The summed E-state index contributed by atoms with van der Waals surface area (Å²) in [6, 6.07) is 8.72. The number of terminal acetylenes is 1. The van der Waals surface area contributed by atoms with Gasteiger partial charge in [0.15, 0.2) is 0 Å². The number of methoxy groups -OCH3 is 1. The number of esters is 1. The summed E-state index contributed by atoms with van der Waals surface area (Å²) in [5, 5.41) is 2.80. The maximum atomic E-state index is 12.1. The van der Waals surface area contributed by atoms with E-state index in [0.29, 0.717) is 34.9 Å². The average molecular weight is 340 g/mol. The van der Waals surface area contributed by atoms with Crippen molar-refractivity contribution in [2.75, 3.05) is 26.0 Å². The second-order valence-electron chi connectivity index (χ2n) is 5.62. The highest BCUT2D eigenvalue weighted by atomic mass is 16.5. The second-order valence-corrected chi connectivity index (χ2v) is 5.62. The fraction of sp³-hybridized carbons (Fsp3) is 0.263. The average Bonchev–Trinajstić information content (AvgIpc) is 2.94. The summed E-state index contributed by atoms with van der Waals surface area (Å²) in [7, 11) is 3.10. The summed E-state index contributed by atoms with van der Waals surface area (Å²) in [6.07, 6.45) is 5.35. The predicted octanol–water partition coefficient (Wildman–Crippen LogP) is 2.43. The number of rotatable bonds is 6. The molecule has 6 heteroatoms. The van der Waals surface area contributed by atoms with Crippen LogP contribution in [-0.4, -0.2) is 37.5 Å². The molecule has 6 nitrogen and oxygen atoms in total. The third kappa shape index (κ3) is 4.96. The molecule has 25 heavy (non-hydrogen) atoms. The number of aryl methyl sites for hydroxylation is 1. The minimum Gasteiger partial charge on any atom is -0.465 e. The van der Waals surface area contributed by atoms with E-state index in [-0.39, 0.29) is 12.5 Å². The van der Waals surface area contributed by atoms with Gasteiger partial charge in [-0.1, -0.05) is 12.0 Å². The largest absolute Gasteiger partial charge is 0.465 e. The smallest absolute Gasteiger partial charge is 0.341 e. The van der Waals surface area contributed by atoms with Crippen molar-refractivity contribution in [1.29, 1.82) is 0 Å². The van der Waals surface area contributed by atoms with Gasteiger partial charge >= 0.3 is 5.97 Å². The van der Waals surface area contributed by atoms with E-state index < -0.39 is 5.97 Å². The molecule has 0 bridgehead atoms. The number of ether oxygens (including phenoxy) is 1. The van der Waals surface area contributed by atoms with Gasteiger partial charge in [0.25, 0.3) is 0 Å². The van der Waals surface area contributed by atoms with E-state index in [2.05, 4.69) is 11.2 Å². The molecule has 2 aromatic rings. The molecule has 0 aliphatic carbocycles. The Balaban J connectivity index is 1.93. The first-order valence-electron chi connectivity index (χ1n) is 7.65. The quantitative estimate of drug-likeness (QED) is 0.646. The van der Waals surface area contributed by atoms with Crippen LogP contribution in [-0.2, 0) is 16.1 Å².